The molecule has 1 fully saturated rings. The monoisotopic (exact) mass is 371 g/mol. The van der Waals surface area contributed by atoms with Gasteiger partial charge in [-0.3, -0.25) is 0 Å². The fraction of sp³-hybridized carbons (Fsp3) is 0.467. The minimum absolute atomic E-state index is 0.0108. The number of halogens is 1. The van der Waals surface area contributed by atoms with Crippen LogP contribution in [-0.2, 0) is 15.9 Å². The second-order valence-electron chi connectivity index (χ2n) is 4.88. The van der Waals surface area contributed by atoms with Gasteiger partial charge in [0.1, 0.15) is 0 Å². The molecular formula is C15H18INO2. The molecule has 0 spiro atoms. The summed E-state index contributed by atoms with van der Waals surface area (Å²) in [7, 11) is 0. The molecule has 4 heteroatoms. The summed E-state index contributed by atoms with van der Waals surface area (Å²) in [4.78, 5) is 3.42. The first-order valence-electron chi connectivity index (χ1n) is 6.83. The molecule has 0 bridgehead atoms. The number of hydrogen-bond acceptors (Lipinski definition) is 2. The molecule has 0 saturated carbocycles. The standard InChI is InChI=1S/C15H18INO2/c16-15-12(11-5-1-2-6-13(11)17-15)8-10-19-14-7-3-4-9-18-14/h1-2,5-6,14,17H,3-4,7-10H2. The Hall–Kier alpha value is -0.590. The smallest absolute Gasteiger partial charge is 0.157 e. The molecule has 3 rings (SSSR count). The van der Waals surface area contributed by atoms with Crippen LogP contribution in [0.5, 0.6) is 0 Å². The Morgan fingerprint density at radius 2 is 2.21 bits per heavy atom. The Morgan fingerprint density at radius 3 is 3.05 bits per heavy atom. The first-order valence-corrected chi connectivity index (χ1v) is 7.91. The maximum Gasteiger partial charge on any atom is 0.157 e. The number of rotatable bonds is 4. The zero-order valence-corrected chi connectivity index (χ0v) is 13.0. The first kappa shape index (κ1) is 13.4. The lowest BCUT2D eigenvalue weighted by Crippen LogP contribution is -2.23. The molecule has 1 aliphatic heterocycles. The van der Waals surface area contributed by atoms with Crippen molar-refractivity contribution in [2.45, 2.75) is 32.0 Å². The molecule has 102 valence electrons. The molecule has 0 aliphatic carbocycles. The van der Waals surface area contributed by atoms with Crippen molar-refractivity contribution in [1.82, 2.24) is 4.98 Å². The number of H-pyrrole nitrogens is 1. The first-order chi connectivity index (χ1) is 9.34. The van der Waals surface area contributed by atoms with Crippen LogP contribution in [0.3, 0.4) is 0 Å². The summed E-state index contributed by atoms with van der Waals surface area (Å²) in [5.74, 6) is 0. The van der Waals surface area contributed by atoms with Crippen LogP contribution < -0.4 is 0 Å². The molecule has 19 heavy (non-hydrogen) atoms. The highest BCUT2D eigenvalue weighted by Crippen LogP contribution is 2.24. The Morgan fingerprint density at radius 1 is 1.32 bits per heavy atom. The van der Waals surface area contributed by atoms with E-state index in [1.807, 2.05) is 0 Å². The van der Waals surface area contributed by atoms with E-state index in [9.17, 15) is 0 Å². The molecular weight excluding hydrogens is 353 g/mol. The number of benzene rings is 1. The maximum absolute atomic E-state index is 5.82. The lowest BCUT2D eigenvalue weighted by molar-refractivity contribution is -0.161. The molecule has 0 amide bonds. The zero-order chi connectivity index (χ0) is 13.1. The van der Waals surface area contributed by atoms with E-state index in [0.29, 0.717) is 0 Å². The fourth-order valence-corrected chi connectivity index (χ4v) is 3.40. The molecule has 1 aliphatic rings. The molecule has 3 nitrogen and oxygen atoms in total. The fourth-order valence-electron chi connectivity index (χ4n) is 2.55. The Bertz CT molecular complexity index is 546. The summed E-state index contributed by atoms with van der Waals surface area (Å²) in [5, 5.41) is 1.31. The van der Waals surface area contributed by atoms with Crippen LogP contribution in [0.2, 0.25) is 0 Å². The molecule has 1 unspecified atom stereocenters. The van der Waals surface area contributed by atoms with E-state index in [0.717, 1.165) is 26.1 Å². The molecule has 1 saturated heterocycles. The highest BCUT2D eigenvalue weighted by molar-refractivity contribution is 14.1. The molecule has 1 N–H and O–H groups in total. The molecule has 0 radical (unpaired) electrons. The van der Waals surface area contributed by atoms with Crippen molar-refractivity contribution in [3.63, 3.8) is 0 Å². The largest absolute Gasteiger partial charge is 0.353 e. The summed E-state index contributed by atoms with van der Waals surface area (Å²) in [6.07, 6.45) is 4.36. The predicted molar refractivity (Wildman–Crippen MR) is 84.3 cm³/mol. The zero-order valence-electron chi connectivity index (χ0n) is 10.8. The normalized spacial score (nSPS) is 19.9. The minimum Gasteiger partial charge on any atom is -0.353 e. The second-order valence-corrected chi connectivity index (χ2v) is 5.96. The average Bonchev–Trinajstić information content (AvgIpc) is 2.76. The predicted octanol–water partition coefficient (Wildman–Crippen LogP) is 3.86. The van der Waals surface area contributed by atoms with Crippen LogP contribution in [0.15, 0.2) is 24.3 Å². The lowest BCUT2D eigenvalue weighted by atomic mass is 10.1. The molecule has 1 atom stereocenters. The van der Waals surface area contributed by atoms with E-state index >= 15 is 0 Å². The number of ether oxygens (including phenoxy) is 2. The van der Waals surface area contributed by atoms with Gasteiger partial charge in [0.05, 0.1) is 10.3 Å². The molecule has 1 aromatic heterocycles. The average molecular weight is 371 g/mol. The van der Waals surface area contributed by atoms with E-state index in [1.165, 1.54) is 33.0 Å². The summed E-state index contributed by atoms with van der Waals surface area (Å²) in [5.41, 5.74) is 2.56. The maximum atomic E-state index is 5.82. The van der Waals surface area contributed by atoms with E-state index < -0.39 is 0 Å². The van der Waals surface area contributed by atoms with Crippen LogP contribution >= 0.6 is 22.6 Å². The van der Waals surface area contributed by atoms with E-state index in [1.54, 1.807) is 0 Å². The molecule has 1 aromatic carbocycles. The quantitative estimate of drug-likeness (QED) is 0.829. The van der Waals surface area contributed by atoms with Crippen molar-refractivity contribution in [2.24, 2.45) is 0 Å². The topological polar surface area (TPSA) is 34.2 Å². The molecule has 2 heterocycles. The van der Waals surface area contributed by atoms with Gasteiger partial charge >= 0.3 is 0 Å². The van der Waals surface area contributed by atoms with Gasteiger partial charge in [0.2, 0.25) is 0 Å². The third-order valence-electron chi connectivity index (χ3n) is 3.56. The Kier molecular flexibility index (Phi) is 4.40. The highest BCUT2D eigenvalue weighted by Gasteiger charge is 2.15. The van der Waals surface area contributed by atoms with E-state index in [2.05, 4.69) is 51.8 Å². The second kappa shape index (κ2) is 6.24. The Labute approximate surface area is 126 Å². The van der Waals surface area contributed by atoms with Gasteiger partial charge in [-0.25, -0.2) is 0 Å². The number of para-hydroxylation sites is 1. The van der Waals surface area contributed by atoms with E-state index in [-0.39, 0.29) is 6.29 Å². The van der Waals surface area contributed by atoms with Crippen LogP contribution in [0.1, 0.15) is 24.8 Å². The summed E-state index contributed by atoms with van der Waals surface area (Å²) < 4.78 is 12.6. The highest BCUT2D eigenvalue weighted by atomic mass is 127. The van der Waals surface area contributed by atoms with E-state index in [4.69, 9.17) is 9.47 Å². The number of aromatic amines is 1. The van der Waals surface area contributed by atoms with Gasteiger partial charge in [0, 0.05) is 17.5 Å². The number of hydrogen-bond donors (Lipinski definition) is 1. The van der Waals surface area contributed by atoms with Gasteiger partial charge in [-0.1, -0.05) is 18.2 Å². The molecule has 2 aromatic rings. The summed E-state index contributed by atoms with van der Waals surface area (Å²) in [6, 6.07) is 8.43. The van der Waals surface area contributed by atoms with Gasteiger partial charge in [0.25, 0.3) is 0 Å². The van der Waals surface area contributed by atoms with Crippen molar-refractivity contribution < 1.29 is 9.47 Å². The lowest BCUT2D eigenvalue weighted by Gasteiger charge is -2.22. The van der Waals surface area contributed by atoms with Crippen molar-refractivity contribution in [1.29, 1.82) is 0 Å². The van der Waals surface area contributed by atoms with Gasteiger partial charge in [0.15, 0.2) is 6.29 Å². The van der Waals surface area contributed by atoms with Gasteiger partial charge in [-0.05, 0) is 59.9 Å². The number of fused-ring (bicyclic) bond motifs is 1. The van der Waals surface area contributed by atoms with Crippen LogP contribution in [0, 0.1) is 3.70 Å². The van der Waals surface area contributed by atoms with Crippen LogP contribution in [0.25, 0.3) is 10.9 Å². The van der Waals surface area contributed by atoms with Crippen LogP contribution in [-0.4, -0.2) is 24.5 Å². The third-order valence-corrected chi connectivity index (χ3v) is 4.48. The van der Waals surface area contributed by atoms with Crippen molar-refractivity contribution >= 4 is 33.5 Å². The minimum atomic E-state index is 0.0108. The SMILES string of the molecule is Ic1[nH]c2ccccc2c1CCOC1CCCCO1. The van der Waals surface area contributed by atoms with Gasteiger partial charge in [-0.2, -0.15) is 0 Å². The van der Waals surface area contributed by atoms with Crippen molar-refractivity contribution in [2.75, 3.05) is 13.2 Å². The summed E-state index contributed by atoms with van der Waals surface area (Å²) in [6.45, 7) is 1.57. The van der Waals surface area contributed by atoms with Gasteiger partial charge in [-0.15, -0.1) is 0 Å². The Balaban J connectivity index is 1.63. The van der Waals surface area contributed by atoms with Crippen molar-refractivity contribution in [3.05, 3.63) is 33.5 Å². The number of nitrogens with one attached hydrogen (secondary N) is 1. The summed E-state index contributed by atoms with van der Waals surface area (Å²) >= 11 is 2.37. The third kappa shape index (κ3) is 3.12. The van der Waals surface area contributed by atoms with Crippen molar-refractivity contribution in [3.8, 4) is 0 Å². The number of aromatic nitrogens is 1. The van der Waals surface area contributed by atoms with Crippen LogP contribution in [0.4, 0.5) is 0 Å². The van der Waals surface area contributed by atoms with Gasteiger partial charge < -0.3 is 14.5 Å².